The number of carbonyl (C=O) groups is 1. The molecule has 0 saturated carbocycles. The van der Waals surface area contributed by atoms with Crippen LogP contribution in [0.2, 0.25) is 0 Å². The highest BCUT2D eigenvalue weighted by Gasteiger charge is 2.28. The molecule has 5 heteroatoms. The normalized spacial score (nSPS) is 19.8. The molecule has 0 aliphatic carbocycles. The van der Waals surface area contributed by atoms with Crippen molar-refractivity contribution in [3.63, 3.8) is 0 Å². The summed E-state index contributed by atoms with van der Waals surface area (Å²) in [5.41, 5.74) is 0.610. The largest absolute Gasteiger partial charge is 0.356 e. The molecule has 0 unspecified atom stereocenters. The molecule has 84 valence electrons. The van der Waals surface area contributed by atoms with Gasteiger partial charge in [0.2, 0.25) is 0 Å². The van der Waals surface area contributed by atoms with Crippen LogP contribution in [0.3, 0.4) is 0 Å². The van der Waals surface area contributed by atoms with Crippen LogP contribution in [0.15, 0.2) is 24.3 Å². The van der Waals surface area contributed by atoms with Crippen LogP contribution in [-0.2, 0) is 4.79 Å². The van der Waals surface area contributed by atoms with Gasteiger partial charge in [0.15, 0.2) is 0 Å². The summed E-state index contributed by atoms with van der Waals surface area (Å²) in [6, 6.07) is 6.33. The Morgan fingerprint density at radius 1 is 1.44 bits per heavy atom. The lowest BCUT2D eigenvalue weighted by Gasteiger charge is -2.22. The lowest BCUT2D eigenvalue weighted by Crippen LogP contribution is -2.30. The molecular weight excluding hydrogens is 208 g/mol. The highest BCUT2D eigenvalue weighted by Crippen LogP contribution is 2.32. The molecule has 1 atom stereocenters. The Labute approximate surface area is 92.8 Å². The predicted molar refractivity (Wildman–Crippen MR) is 59.5 cm³/mol. The molecule has 0 amide bonds. The number of nitrogens with zero attached hydrogens (tertiary/aromatic N) is 2. The number of carbonyl (C=O) groups excluding carboxylic acids is 1. The van der Waals surface area contributed by atoms with Gasteiger partial charge >= 0.3 is 0 Å². The summed E-state index contributed by atoms with van der Waals surface area (Å²) in [4.78, 5) is 23.1. The van der Waals surface area contributed by atoms with Crippen molar-refractivity contribution in [3.05, 3.63) is 34.4 Å². The Hall–Kier alpha value is -1.91. The zero-order valence-corrected chi connectivity index (χ0v) is 8.70. The lowest BCUT2D eigenvalue weighted by atomic mass is 10.2. The second kappa shape index (κ2) is 4.30. The molecular formula is C11H12N2O3. The molecule has 1 aromatic rings. The minimum Gasteiger partial charge on any atom is -0.356 e. The second-order valence-electron chi connectivity index (χ2n) is 3.78. The fourth-order valence-electron chi connectivity index (χ4n) is 2.09. The average molecular weight is 220 g/mol. The molecule has 1 saturated heterocycles. The molecule has 1 heterocycles. The van der Waals surface area contributed by atoms with Crippen molar-refractivity contribution in [3.8, 4) is 0 Å². The van der Waals surface area contributed by atoms with Crippen LogP contribution in [0.25, 0.3) is 0 Å². The van der Waals surface area contributed by atoms with E-state index in [0.29, 0.717) is 12.2 Å². The monoisotopic (exact) mass is 220 g/mol. The molecule has 1 aliphatic heterocycles. The maximum absolute atomic E-state index is 10.9. The van der Waals surface area contributed by atoms with Crippen molar-refractivity contribution >= 4 is 17.7 Å². The van der Waals surface area contributed by atoms with E-state index in [-0.39, 0.29) is 11.7 Å². The molecule has 0 bridgehead atoms. The van der Waals surface area contributed by atoms with Gasteiger partial charge in [-0.25, -0.2) is 0 Å². The van der Waals surface area contributed by atoms with Gasteiger partial charge in [-0.15, -0.1) is 0 Å². The van der Waals surface area contributed by atoms with Crippen molar-refractivity contribution in [2.45, 2.75) is 18.9 Å². The number of aldehydes is 1. The number of rotatable bonds is 3. The van der Waals surface area contributed by atoms with Gasteiger partial charge in [-0.2, -0.15) is 0 Å². The maximum atomic E-state index is 10.9. The van der Waals surface area contributed by atoms with E-state index < -0.39 is 4.92 Å². The van der Waals surface area contributed by atoms with Crippen molar-refractivity contribution in [1.82, 2.24) is 0 Å². The Balaban J connectivity index is 2.39. The summed E-state index contributed by atoms with van der Waals surface area (Å²) in [5.74, 6) is 0. The molecule has 16 heavy (non-hydrogen) atoms. The maximum Gasteiger partial charge on any atom is 0.292 e. The van der Waals surface area contributed by atoms with E-state index >= 15 is 0 Å². The molecule has 0 spiro atoms. The summed E-state index contributed by atoms with van der Waals surface area (Å²) >= 11 is 0. The molecule has 1 fully saturated rings. The molecule has 1 aliphatic rings. The highest BCUT2D eigenvalue weighted by atomic mass is 16.6. The number of para-hydroxylation sites is 2. The molecule has 0 radical (unpaired) electrons. The third kappa shape index (κ3) is 1.76. The fourth-order valence-corrected chi connectivity index (χ4v) is 2.09. The third-order valence-corrected chi connectivity index (χ3v) is 2.84. The van der Waals surface area contributed by atoms with Crippen LogP contribution < -0.4 is 4.90 Å². The SMILES string of the molecule is O=C[C@@H]1CCCN1c1ccccc1[N+](=O)[O-]. The molecule has 2 rings (SSSR count). The Morgan fingerprint density at radius 2 is 2.19 bits per heavy atom. The van der Waals surface area contributed by atoms with Gasteiger partial charge in [-0.3, -0.25) is 10.1 Å². The first-order valence-corrected chi connectivity index (χ1v) is 5.19. The van der Waals surface area contributed by atoms with Crippen LogP contribution in [0, 0.1) is 10.1 Å². The van der Waals surface area contributed by atoms with Crippen LogP contribution in [0.4, 0.5) is 11.4 Å². The third-order valence-electron chi connectivity index (χ3n) is 2.84. The minimum atomic E-state index is -0.407. The topological polar surface area (TPSA) is 63.5 Å². The van der Waals surface area contributed by atoms with Crippen LogP contribution in [0.5, 0.6) is 0 Å². The van der Waals surface area contributed by atoms with Gasteiger partial charge in [-0.05, 0) is 18.9 Å². The molecule has 5 nitrogen and oxygen atoms in total. The van der Waals surface area contributed by atoms with Gasteiger partial charge in [0.25, 0.3) is 5.69 Å². The molecule has 1 aromatic carbocycles. The zero-order valence-electron chi connectivity index (χ0n) is 8.70. The molecule has 0 aromatic heterocycles. The number of benzene rings is 1. The fraction of sp³-hybridized carbons (Fsp3) is 0.364. The summed E-state index contributed by atoms with van der Waals surface area (Å²) in [5, 5.41) is 10.9. The van der Waals surface area contributed by atoms with E-state index in [2.05, 4.69) is 0 Å². The first-order chi connectivity index (χ1) is 7.74. The number of hydrogen-bond donors (Lipinski definition) is 0. The van der Waals surface area contributed by atoms with Gasteiger partial charge in [0.1, 0.15) is 12.0 Å². The number of anilines is 1. The predicted octanol–water partition coefficient (Wildman–Crippen LogP) is 1.76. The first-order valence-electron chi connectivity index (χ1n) is 5.19. The summed E-state index contributed by atoms with van der Waals surface area (Å²) in [6.07, 6.45) is 2.54. The van der Waals surface area contributed by atoms with Crippen molar-refractivity contribution in [2.75, 3.05) is 11.4 Å². The summed E-state index contributed by atoms with van der Waals surface area (Å²) in [6.45, 7) is 0.703. The van der Waals surface area contributed by atoms with E-state index in [9.17, 15) is 14.9 Å². The van der Waals surface area contributed by atoms with E-state index in [1.807, 2.05) is 4.90 Å². The van der Waals surface area contributed by atoms with Gasteiger partial charge in [-0.1, -0.05) is 12.1 Å². The van der Waals surface area contributed by atoms with Gasteiger partial charge in [0, 0.05) is 12.6 Å². The number of nitro benzene ring substituents is 1. The second-order valence-corrected chi connectivity index (χ2v) is 3.78. The zero-order chi connectivity index (χ0) is 11.5. The van der Waals surface area contributed by atoms with Gasteiger partial charge in [0.05, 0.1) is 11.0 Å². The van der Waals surface area contributed by atoms with Crippen molar-refractivity contribution < 1.29 is 9.72 Å². The van der Waals surface area contributed by atoms with E-state index in [0.717, 1.165) is 19.1 Å². The quantitative estimate of drug-likeness (QED) is 0.442. The summed E-state index contributed by atoms with van der Waals surface area (Å²) < 4.78 is 0. The van der Waals surface area contributed by atoms with Crippen LogP contribution in [0.1, 0.15) is 12.8 Å². The Morgan fingerprint density at radius 3 is 2.88 bits per heavy atom. The number of nitro groups is 1. The Bertz CT molecular complexity index is 419. The van der Waals surface area contributed by atoms with E-state index in [1.165, 1.54) is 6.07 Å². The van der Waals surface area contributed by atoms with Crippen molar-refractivity contribution in [2.24, 2.45) is 0 Å². The average Bonchev–Trinajstić information content (AvgIpc) is 2.76. The number of hydrogen-bond acceptors (Lipinski definition) is 4. The minimum absolute atomic E-state index is 0.0660. The summed E-state index contributed by atoms with van der Waals surface area (Å²) in [7, 11) is 0. The lowest BCUT2D eigenvalue weighted by molar-refractivity contribution is -0.384. The molecule has 0 N–H and O–H groups in total. The van der Waals surface area contributed by atoms with Crippen LogP contribution in [-0.4, -0.2) is 23.8 Å². The smallest absolute Gasteiger partial charge is 0.292 e. The Kier molecular flexibility index (Phi) is 2.85. The van der Waals surface area contributed by atoms with Crippen LogP contribution >= 0.6 is 0 Å². The van der Waals surface area contributed by atoms with E-state index in [1.54, 1.807) is 18.2 Å². The highest BCUT2D eigenvalue weighted by molar-refractivity contribution is 5.72. The standard InChI is InChI=1S/C11H12N2O3/c14-8-9-4-3-7-12(9)10-5-1-2-6-11(10)13(15)16/h1-2,5-6,8-9H,3-4,7H2/t9-/m0/s1. The van der Waals surface area contributed by atoms with E-state index in [4.69, 9.17) is 0 Å². The van der Waals surface area contributed by atoms with Crippen molar-refractivity contribution in [1.29, 1.82) is 0 Å². The first kappa shape index (κ1) is 10.6. The van der Waals surface area contributed by atoms with Gasteiger partial charge < -0.3 is 9.69 Å².